The van der Waals surface area contributed by atoms with Crippen molar-refractivity contribution in [2.24, 2.45) is 0 Å². The van der Waals surface area contributed by atoms with Gasteiger partial charge >= 0.3 is 0 Å². The molecule has 2 aromatic heterocycles. The molecule has 0 amide bonds. The van der Waals surface area contributed by atoms with Crippen LogP contribution in [-0.2, 0) is 0 Å². The maximum Gasteiger partial charge on any atom is 0.164 e. The molecule has 0 fully saturated rings. The van der Waals surface area contributed by atoms with Crippen molar-refractivity contribution in [3.8, 4) is 67.5 Å². The summed E-state index contributed by atoms with van der Waals surface area (Å²) in [6.45, 7) is 0. The van der Waals surface area contributed by atoms with E-state index in [0.29, 0.717) is 17.5 Å². The van der Waals surface area contributed by atoms with Crippen LogP contribution in [0.5, 0.6) is 0 Å². The summed E-state index contributed by atoms with van der Waals surface area (Å²) < 4.78 is 6.64. The summed E-state index contributed by atoms with van der Waals surface area (Å²) in [6, 6.07) is 72.5. The first kappa shape index (κ1) is 35.8. The lowest BCUT2D eigenvalue weighted by molar-refractivity contribution is 0.584. The molecule has 2 aliphatic rings. The molecular weight excluding hydrogens is 757 g/mol. The highest BCUT2D eigenvalue weighted by Gasteiger charge is 2.43. The maximum atomic E-state index is 6.64. The SMILES string of the molecule is C1=CC2C(c3ccccc3N2c2ccc(-c3ccccc3)cc2)c2c1oc1ccc(-c3nc(-c4ccc(-c5ccccc5)cc4)nc(-c4cccc(-c5ccccc5)c4)n3)cc21. The van der Waals surface area contributed by atoms with Crippen molar-refractivity contribution in [3.05, 3.63) is 229 Å². The Morgan fingerprint density at radius 1 is 0.403 bits per heavy atom. The molecular formula is C57H38N4O. The van der Waals surface area contributed by atoms with E-state index in [-0.39, 0.29) is 12.0 Å². The third-order valence-corrected chi connectivity index (χ3v) is 12.3. The first-order valence-electron chi connectivity index (χ1n) is 21.1. The van der Waals surface area contributed by atoms with Gasteiger partial charge in [0.1, 0.15) is 11.3 Å². The fourth-order valence-electron chi connectivity index (χ4n) is 9.32. The number of para-hydroxylation sites is 1. The van der Waals surface area contributed by atoms with Crippen molar-refractivity contribution in [1.82, 2.24) is 15.0 Å². The smallest absolute Gasteiger partial charge is 0.164 e. The van der Waals surface area contributed by atoms with Crippen LogP contribution in [0.3, 0.4) is 0 Å². The Bertz CT molecular complexity index is 3290. The van der Waals surface area contributed by atoms with E-state index in [1.54, 1.807) is 0 Å². The minimum Gasteiger partial charge on any atom is -0.456 e. The lowest BCUT2D eigenvalue weighted by atomic mass is 9.82. The van der Waals surface area contributed by atoms with Crippen LogP contribution in [0.4, 0.5) is 11.4 Å². The molecule has 0 N–H and O–H groups in total. The zero-order valence-corrected chi connectivity index (χ0v) is 33.6. The molecule has 5 nitrogen and oxygen atoms in total. The van der Waals surface area contributed by atoms with Gasteiger partial charge in [-0.3, -0.25) is 0 Å². The van der Waals surface area contributed by atoms with E-state index in [2.05, 4.69) is 211 Å². The summed E-state index contributed by atoms with van der Waals surface area (Å²) in [5, 5.41) is 1.06. The van der Waals surface area contributed by atoms with Crippen LogP contribution in [0.1, 0.15) is 22.8 Å². The van der Waals surface area contributed by atoms with Crippen LogP contribution < -0.4 is 4.90 Å². The van der Waals surface area contributed by atoms with Crippen molar-refractivity contribution >= 4 is 28.4 Å². The molecule has 0 bridgehead atoms. The third kappa shape index (κ3) is 6.22. The van der Waals surface area contributed by atoms with Gasteiger partial charge in [0.15, 0.2) is 17.5 Å². The summed E-state index contributed by atoms with van der Waals surface area (Å²) in [5.74, 6) is 2.79. The van der Waals surface area contributed by atoms with Gasteiger partial charge in [-0.05, 0) is 87.5 Å². The van der Waals surface area contributed by atoms with Gasteiger partial charge in [0.25, 0.3) is 0 Å². The second-order valence-electron chi connectivity index (χ2n) is 16.0. The van der Waals surface area contributed by atoms with Crippen LogP contribution in [0, 0.1) is 0 Å². The Labute approximate surface area is 360 Å². The van der Waals surface area contributed by atoms with Crippen LogP contribution in [-0.4, -0.2) is 21.0 Å². The Morgan fingerprint density at radius 3 is 1.55 bits per heavy atom. The topological polar surface area (TPSA) is 55.1 Å². The summed E-state index contributed by atoms with van der Waals surface area (Å²) in [6.07, 6.45) is 4.46. The molecule has 1 aliphatic carbocycles. The maximum absolute atomic E-state index is 6.64. The van der Waals surface area contributed by atoms with Crippen molar-refractivity contribution in [2.75, 3.05) is 4.90 Å². The Balaban J connectivity index is 0.967. The van der Waals surface area contributed by atoms with E-state index in [1.165, 1.54) is 27.9 Å². The minimum absolute atomic E-state index is 0.0600. The number of nitrogens with zero attached hydrogens (tertiary/aromatic N) is 4. The van der Waals surface area contributed by atoms with E-state index in [0.717, 1.165) is 61.4 Å². The molecule has 10 aromatic rings. The number of hydrogen-bond acceptors (Lipinski definition) is 5. The lowest BCUT2D eigenvalue weighted by Gasteiger charge is -2.30. The van der Waals surface area contributed by atoms with Crippen LogP contribution in [0.15, 0.2) is 217 Å². The van der Waals surface area contributed by atoms with Crippen LogP contribution in [0.2, 0.25) is 0 Å². The number of hydrogen-bond donors (Lipinski definition) is 0. The van der Waals surface area contributed by atoms with Gasteiger partial charge in [-0.15, -0.1) is 0 Å². The molecule has 0 saturated carbocycles. The second-order valence-corrected chi connectivity index (χ2v) is 16.0. The molecule has 0 saturated heterocycles. The van der Waals surface area contributed by atoms with E-state index in [1.807, 2.05) is 12.1 Å². The van der Waals surface area contributed by atoms with Crippen LogP contribution in [0.25, 0.3) is 84.6 Å². The summed E-state index contributed by atoms with van der Waals surface area (Å²) in [5.41, 5.74) is 15.4. The van der Waals surface area contributed by atoms with E-state index in [4.69, 9.17) is 19.4 Å². The highest BCUT2D eigenvalue weighted by Crippen LogP contribution is 2.54. The molecule has 62 heavy (non-hydrogen) atoms. The molecule has 2 unspecified atom stereocenters. The molecule has 2 atom stereocenters. The van der Waals surface area contributed by atoms with Crippen molar-refractivity contribution in [3.63, 3.8) is 0 Å². The molecule has 5 heteroatoms. The second kappa shape index (κ2) is 14.8. The van der Waals surface area contributed by atoms with Crippen molar-refractivity contribution in [2.45, 2.75) is 12.0 Å². The van der Waals surface area contributed by atoms with Gasteiger partial charge in [-0.2, -0.15) is 0 Å². The predicted octanol–water partition coefficient (Wildman–Crippen LogP) is 14.3. The Morgan fingerprint density at radius 2 is 0.887 bits per heavy atom. The number of anilines is 2. The zero-order chi connectivity index (χ0) is 41.0. The Kier molecular flexibility index (Phi) is 8.56. The number of furan rings is 1. The van der Waals surface area contributed by atoms with Gasteiger partial charge in [-0.25, -0.2) is 15.0 Å². The van der Waals surface area contributed by atoms with Crippen molar-refractivity contribution < 1.29 is 4.42 Å². The summed E-state index contributed by atoms with van der Waals surface area (Å²) >= 11 is 0. The summed E-state index contributed by atoms with van der Waals surface area (Å²) in [4.78, 5) is 18.0. The standard InChI is InChI=1S/C57H38N4O/c1-4-13-37(14-5-1)40-23-25-42(26-24-40)55-58-56(44-20-12-19-43(35-44)39-17-8-3-9-18-39)60-57(59-55)45-29-33-51-48(36-45)54-52(62-51)34-32-50-53(54)47-21-10-11-22-49(47)61(50)46-30-27-41(28-31-46)38-15-6-2-7-16-38/h1-36,50,53H. The molecule has 292 valence electrons. The molecule has 0 spiro atoms. The molecule has 1 aliphatic heterocycles. The number of rotatable bonds is 7. The van der Waals surface area contributed by atoms with Crippen molar-refractivity contribution in [1.29, 1.82) is 0 Å². The van der Waals surface area contributed by atoms with Gasteiger partial charge in [0, 0.05) is 44.9 Å². The van der Waals surface area contributed by atoms with Gasteiger partial charge < -0.3 is 9.32 Å². The monoisotopic (exact) mass is 794 g/mol. The largest absolute Gasteiger partial charge is 0.456 e. The van der Waals surface area contributed by atoms with Gasteiger partial charge in [0.05, 0.1) is 6.04 Å². The average molecular weight is 795 g/mol. The van der Waals surface area contributed by atoms with Gasteiger partial charge in [0.2, 0.25) is 0 Å². The number of fused-ring (bicyclic) bond motifs is 7. The summed E-state index contributed by atoms with van der Waals surface area (Å²) in [7, 11) is 0. The fraction of sp³-hybridized carbons (Fsp3) is 0.0351. The normalized spacial score (nSPS) is 15.0. The molecule has 12 rings (SSSR count). The number of benzene rings is 8. The highest BCUT2D eigenvalue weighted by molar-refractivity contribution is 5.93. The first-order chi connectivity index (χ1) is 30.7. The highest BCUT2D eigenvalue weighted by atomic mass is 16.3. The molecule has 0 radical (unpaired) electrons. The fourth-order valence-corrected chi connectivity index (χ4v) is 9.32. The van der Waals surface area contributed by atoms with Gasteiger partial charge in [-0.1, -0.05) is 170 Å². The predicted molar refractivity (Wildman–Crippen MR) is 252 cm³/mol. The minimum atomic E-state index is 0.0600. The Hall–Kier alpha value is -8.15. The third-order valence-electron chi connectivity index (χ3n) is 12.3. The molecule has 3 heterocycles. The molecule has 8 aromatic carbocycles. The lowest BCUT2D eigenvalue weighted by Crippen LogP contribution is -2.30. The number of aromatic nitrogens is 3. The van der Waals surface area contributed by atoms with E-state index in [9.17, 15) is 0 Å². The quantitative estimate of drug-likeness (QED) is 0.161. The van der Waals surface area contributed by atoms with Crippen LogP contribution >= 0.6 is 0 Å². The first-order valence-corrected chi connectivity index (χ1v) is 21.1. The van der Waals surface area contributed by atoms with E-state index >= 15 is 0 Å². The zero-order valence-electron chi connectivity index (χ0n) is 33.6. The average Bonchev–Trinajstić information content (AvgIpc) is 3.90. The van der Waals surface area contributed by atoms with E-state index < -0.39 is 0 Å².